The summed E-state index contributed by atoms with van der Waals surface area (Å²) in [6.45, 7) is 9.43. The molecule has 30 heavy (non-hydrogen) atoms. The van der Waals surface area contributed by atoms with Crippen LogP contribution in [-0.2, 0) is 11.3 Å². The second-order valence-corrected chi connectivity index (χ2v) is 7.96. The van der Waals surface area contributed by atoms with Crippen molar-refractivity contribution in [3.8, 4) is 0 Å². The Morgan fingerprint density at radius 1 is 1.10 bits per heavy atom. The summed E-state index contributed by atoms with van der Waals surface area (Å²) >= 11 is 0. The molecule has 0 amide bonds. The number of aromatic nitrogens is 4. The Kier molecular flexibility index (Phi) is 6.30. The van der Waals surface area contributed by atoms with E-state index in [-0.39, 0.29) is 6.10 Å². The Morgan fingerprint density at radius 3 is 2.63 bits per heavy atom. The number of ether oxygens (including phenoxy) is 1. The van der Waals surface area contributed by atoms with E-state index in [0.717, 1.165) is 53.8 Å². The number of rotatable bonds is 6. The Morgan fingerprint density at radius 2 is 1.93 bits per heavy atom. The van der Waals surface area contributed by atoms with Crippen LogP contribution < -0.4 is 5.32 Å². The minimum atomic E-state index is -0.0414. The lowest BCUT2D eigenvalue weighted by Gasteiger charge is -2.32. The minimum absolute atomic E-state index is 0.0414. The summed E-state index contributed by atoms with van der Waals surface area (Å²) in [4.78, 5) is 20.3. The van der Waals surface area contributed by atoms with Gasteiger partial charge in [-0.25, -0.2) is 15.0 Å². The van der Waals surface area contributed by atoms with Gasteiger partial charge in [0, 0.05) is 49.7 Å². The fourth-order valence-corrected chi connectivity index (χ4v) is 3.45. The molecule has 0 aromatic carbocycles. The predicted molar refractivity (Wildman–Crippen MR) is 117 cm³/mol. The molecule has 1 atom stereocenters. The van der Waals surface area contributed by atoms with Crippen molar-refractivity contribution in [2.75, 3.05) is 25.0 Å². The smallest absolute Gasteiger partial charge is 0.133 e. The molecule has 0 saturated carbocycles. The average Bonchev–Trinajstić information content (AvgIpc) is 2.76. The lowest BCUT2D eigenvalue weighted by Crippen LogP contribution is -2.38. The summed E-state index contributed by atoms with van der Waals surface area (Å²) in [5.41, 5.74) is 4.07. The Hall–Kier alpha value is -2.90. The third-order valence-electron chi connectivity index (χ3n) is 5.19. The number of nitrogens with zero attached hydrogens (tertiary/aromatic N) is 5. The van der Waals surface area contributed by atoms with E-state index in [9.17, 15) is 0 Å². The molecule has 1 aliphatic heterocycles. The Bertz CT molecular complexity index is 958. The Balaban J connectivity index is 1.37. The Labute approximate surface area is 177 Å². The summed E-state index contributed by atoms with van der Waals surface area (Å²) in [7, 11) is 0. The summed E-state index contributed by atoms with van der Waals surface area (Å²) < 4.78 is 5.99. The molecule has 1 aliphatic rings. The predicted octanol–water partition coefficient (Wildman–Crippen LogP) is 4.02. The van der Waals surface area contributed by atoms with Crippen LogP contribution >= 0.6 is 0 Å². The normalized spacial score (nSPS) is 17.3. The maximum atomic E-state index is 5.99. The van der Waals surface area contributed by atoms with E-state index in [0.29, 0.717) is 12.5 Å². The van der Waals surface area contributed by atoms with Gasteiger partial charge in [0.1, 0.15) is 17.7 Å². The summed E-state index contributed by atoms with van der Waals surface area (Å²) in [5.74, 6) is 2.08. The zero-order valence-corrected chi connectivity index (χ0v) is 17.7. The molecule has 1 unspecified atom stereocenters. The lowest BCUT2D eigenvalue weighted by atomic mass is 10.1. The molecule has 0 spiro atoms. The maximum Gasteiger partial charge on any atom is 0.133 e. The molecule has 1 fully saturated rings. The van der Waals surface area contributed by atoms with E-state index in [2.05, 4.69) is 44.0 Å². The SMILES string of the molecule is Cc1cccnc1Nc1ccc(C2CN(Cc3cnc(C(C)C)nc3)CCO2)nc1. The van der Waals surface area contributed by atoms with Crippen LogP contribution in [0.4, 0.5) is 11.5 Å². The molecular formula is C23H28N6O. The molecule has 4 heterocycles. The van der Waals surface area contributed by atoms with Gasteiger partial charge in [-0.3, -0.25) is 9.88 Å². The summed E-state index contributed by atoms with van der Waals surface area (Å²) in [5, 5.41) is 3.32. The first-order valence-corrected chi connectivity index (χ1v) is 10.4. The molecule has 3 aromatic rings. The van der Waals surface area contributed by atoms with Crippen molar-refractivity contribution in [1.29, 1.82) is 0 Å². The van der Waals surface area contributed by atoms with Crippen LogP contribution in [0.5, 0.6) is 0 Å². The van der Waals surface area contributed by atoms with Crippen LogP contribution in [0.3, 0.4) is 0 Å². The number of nitrogens with one attached hydrogen (secondary N) is 1. The summed E-state index contributed by atoms with van der Waals surface area (Å²) in [6.07, 6.45) is 7.45. The highest BCUT2D eigenvalue weighted by Crippen LogP contribution is 2.24. The van der Waals surface area contributed by atoms with Gasteiger partial charge in [-0.1, -0.05) is 19.9 Å². The van der Waals surface area contributed by atoms with Crippen molar-refractivity contribution in [3.63, 3.8) is 0 Å². The first-order chi connectivity index (χ1) is 14.6. The van der Waals surface area contributed by atoms with Gasteiger partial charge in [0.25, 0.3) is 0 Å². The van der Waals surface area contributed by atoms with Gasteiger partial charge in [-0.2, -0.15) is 0 Å². The average molecular weight is 405 g/mol. The van der Waals surface area contributed by atoms with Gasteiger partial charge in [0.2, 0.25) is 0 Å². The quantitative estimate of drug-likeness (QED) is 0.665. The van der Waals surface area contributed by atoms with Gasteiger partial charge in [0.15, 0.2) is 0 Å². The van der Waals surface area contributed by atoms with E-state index in [1.165, 1.54) is 0 Å². The van der Waals surface area contributed by atoms with Crippen molar-refractivity contribution in [2.45, 2.75) is 39.3 Å². The van der Waals surface area contributed by atoms with Crippen molar-refractivity contribution >= 4 is 11.5 Å². The van der Waals surface area contributed by atoms with E-state index < -0.39 is 0 Å². The number of anilines is 2. The molecule has 1 N–H and O–H groups in total. The highest BCUT2D eigenvalue weighted by molar-refractivity contribution is 5.57. The maximum absolute atomic E-state index is 5.99. The molecule has 4 rings (SSSR count). The number of hydrogen-bond donors (Lipinski definition) is 1. The lowest BCUT2D eigenvalue weighted by molar-refractivity contribution is -0.0350. The van der Waals surface area contributed by atoms with E-state index in [4.69, 9.17) is 4.74 Å². The fourth-order valence-electron chi connectivity index (χ4n) is 3.45. The topological polar surface area (TPSA) is 76.1 Å². The zero-order chi connectivity index (χ0) is 20.9. The van der Waals surface area contributed by atoms with Crippen molar-refractivity contribution in [1.82, 2.24) is 24.8 Å². The molecule has 3 aromatic heterocycles. The van der Waals surface area contributed by atoms with Crippen LogP contribution in [0.25, 0.3) is 0 Å². The molecule has 0 radical (unpaired) electrons. The minimum Gasteiger partial charge on any atom is -0.369 e. The first-order valence-electron chi connectivity index (χ1n) is 10.4. The second-order valence-electron chi connectivity index (χ2n) is 7.96. The third kappa shape index (κ3) is 4.98. The van der Waals surface area contributed by atoms with E-state index in [1.807, 2.05) is 49.8 Å². The number of aryl methyl sites for hydroxylation is 1. The van der Waals surface area contributed by atoms with Crippen molar-refractivity contribution in [3.05, 3.63) is 71.7 Å². The molecule has 156 valence electrons. The standard InChI is InChI=1S/C23H28N6O/c1-16(2)22-26-11-18(12-27-22)14-29-9-10-30-21(15-29)20-7-6-19(13-25-20)28-23-17(3)5-4-8-24-23/h4-8,11-13,16,21H,9-10,14-15H2,1-3H3,(H,24,28). The number of pyridine rings is 2. The monoisotopic (exact) mass is 404 g/mol. The molecule has 7 heteroatoms. The third-order valence-corrected chi connectivity index (χ3v) is 5.19. The molecule has 0 aliphatic carbocycles. The zero-order valence-electron chi connectivity index (χ0n) is 17.7. The van der Waals surface area contributed by atoms with Crippen LogP contribution in [0.15, 0.2) is 49.1 Å². The van der Waals surface area contributed by atoms with Crippen molar-refractivity contribution < 1.29 is 4.74 Å². The van der Waals surface area contributed by atoms with Crippen LogP contribution in [-0.4, -0.2) is 44.5 Å². The van der Waals surface area contributed by atoms with Gasteiger partial charge in [-0.05, 0) is 30.7 Å². The highest BCUT2D eigenvalue weighted by atomic mass is 16.5. The second kappa shape index (κ2) is 9.28. The largest absolute Gasteiger partial charge is 0.369 e. The van der Waals surface area contributed by atoms with Crippen molar-refractivity contribution in [2.24, 2.45) is 0 Å². The molecular weight excluding hydrogens is 376 g/mol. The van der Waals surface area contributed by atoms with Gasteiger partial charge in [-0.15, -0.1) is 0 Å². The molecule has 0 bridgehead atoms. The first kappa shape index (κ1) is 20.4. The van der Waals surface area contributed by atoms with Crippen LogP contribution in [0.2, 0.25) is 0 Å². The van der Waals surface area contributed by atoms with E-state index in [1.54, 1.807) is 6.20 Å². The van der Waals surface area contributed by atoms with Gasteiger partial charge < -0.3 is 10.1 Å². The van der Waals surface area contributed by atoms with Crippen LogP contribution in [0, 0.1) is 6.92 Å². The molecule has 1 saturated heterocycles. The van der Waals surface area contributed by atoms with Gasteiger partial charge in [0.05, 0.1) is 24.2 Å². The number of morpholine rings is 1. The fraction of sp³-hybridized carbons (Fsp3) is 0.391. The van der Waals surface area contributed by atoms with Crippen LogP contribution in [0.1, 0.15) is 48.5 Å². The van der Waals surface area contributed by atoms with Gasteiger partial charge >= 0.3 is 0 Å². The summed E-state index contributed by atoms with van der Waals surface area (Å²) in [6, 6.07) is 8.01. The molecule has 7 nitrogen and oxygen atoms in total. The number of hydrogen-bond acceptors (Lipinski definition) is 7. The van der Waals surface area contributed by atoms with E-state index >= 15 is 0 Å². The highest BCUT2D eigenvalue weighted by Gasteiger charge is 2.23.